The van der Waals surface area contributed by atoms with Crippen molar-refractivity contribution in [2.24, 2.45) is 0 Å². The van der Waals surface area contributed by atoms with Gasteiger partial charge in [0.2, 0.25) is 5.91 Å². The molecule has 4 heteroatoms. The van der Waals surface area contributed by atoms with E-state index in [1.807, 2.05) is 40.9 Å². The molecule has 0 saturated carbocycles. The smallest absolute Gasteiger partial charge is 0.244 e. The van der Waals surface area contributed by atoms with E-state index < -0.39 is 0 Å². The molecule has 30 heavy (non-hydrogen) atoms. The van der Waals surface area contributed by atoms with Crippen LogP contribution in [0.1, 0.15) is 49.9 Å². The Morgan fingerprint density at radius 3 is 2.53 bits per heavy atom. The number of hydrogen-bond donors (Lipinski definition) is 1. The summed E-state index contributed by atoms with van der Waals surface area (Å²) in [6.45, 7) is 14.6. The van der Waals surface area contributed by atoms with Gasteiger partial charge < -0.3 is 14.5 Å². The van der Waals surface area contributed by atoms with Crippen molar-refractivity contribution in [3.63, 3.8) is 0 Å². The summed E-state index contributed by atoms with van der Waals surface area (Å²) in [5.41, 5.74) is 8.16. The number of fused-ring (bicyclic) bond motifs is 1. The second-order valence-electron chi connectivity index (χ2n) is 8.15. The molecule has 1 amide bonds. The first-order chi connectivity index (χ1) is 14.2. The molecule has 0 atom stereocenters. The van der Waals surface area contributed by atoms with E-state index in [4.69, 9.17) is 9.15 Å². The van der Waals surface area contributed by atoms with Crippen LogP contribution < -0.4 is 10.1 Å². The standard InChI is InChI=1S/C26H31NO3/c1-8-29-25-19(7)26-22(13-21(25)18(6)12-24(28)27-15(2)3)23(14-30-26)20-10-9-16(4)11-17(20)5/h9-15H,8H2,1-7H3,(H,27,28)/b18-12+. The molecule has 158 valence electrons. The fourth-order valence-electron chi connectivity index (χ4n) is 3.86. The van der Waals surface area contributed by atoms with Crippen LogP contribution in [0.5, 0.6) is 5.75 Å². The third kappa shape index (κ3) is 4.28. The van der Waals surface area contributed by atoms with Gasteiger partial charge in [-0.2, -0.15) is 0 Å². The van der Waals surface area contributed by atoms with Gasteiger partial charge in [-0.3, -0.25) is 4.79 Å². The maximum Gasteiger partial charge on any atom is 0.244 e. The van der Waals surface area contributed by atoms with Gasteiger partial charge in [0.05, 0.1) is 12.9 Å². The van der Waals surface area contributed by atoms with E-state index in [9.17, 15) is 4.79 Å². The highest BCUT2D eigenvalue weighted by atomic mass is 16.5. The van der Waals surface area contributed by atoms with Gasteiger partial charge >= 0.3 is 0 Å². The minimum Gasteiger partial charge on any atom is -0.493 e. The van der Waals surface area contributed by atoms with E-state index in [2.05, 4.69) is 43.4 Å². The number of carbonyl (C=O) groups is 1. The molecule has 0 aliphatic heterocycles. The van der Waals surface area contributed by atoms with Crippen molar-refractivity contribution < 1.29 is 13.9 Å². The Hall–Kier alpha value is -3.01. The van der Waals surface area contributed by atoms with Gasteiger partial charge in [0.25, 0.3) is 0 Å². The molecule has 0 radical (unpaired) electrons. The van der Waals surface area contributed by atoms with Crippen LogP contribution in [-0.4, -0.2) is 18.6 Å². The summed E-state index contributed by atoms with van der Waals surface area (Å²) in [5.74, 6) is 0.655. The van der Waals surface area contributed by atoms with Crippen LogP contribution in [-0.2, 0) is 4.79 Å². The van der Waals surface area contributed by atoms with E-state index in [0.717, 1.165) is 44.5 Å². The summed E-state index contributed by atoms with van der Waals surface area (Å²) in [7, 11) is 0. The Morgan fingerprint density at radius 1 is 1.17 bits per heavy atom. The molecule has 0 bridgehead atoms. The predicted octanol–water partition coefficient (Wildman–Crippen LogP) is 6.35. The number of ether oxygens (including phenoxy) is 1. The highest BCUT2D eigenvalue weighted by molar-refractivity contribution is 6.02. The predicted molar refractivity (Wildman–Crippen MR) is 124 cm³/mol. The molecule has 0 aliphatic rings. The largest absolute Gasteiger partial charge is 0.493 e. The molecule has 4 nitrogen and oxygen atoms in total. The molecule has 0 saturated heterocycles. The zero-order valence-corrected chi connectivity index (χ0v) is 19.0. The van der Waals surface area contributed by atoms with Gasteiger partial charge in [-0.05, 0) is 71.2 Å². The van der Waals surface area contributed by atoms with Crippen LogP contribution in [0.15, 0.2) is 41.0 Å². The summed E-state index contributed by atoms with van der Waals surface area (Å²) < 4.78 is 12.0. The van der Waals surface area contributed by atoms with E-state index >= 15 is 0 Å². The van der Waals surface area contributed by atoms with Crippen LogP contribution in [0, 0.1) is 20.8 Å². The van der Waals surface area contributed by atoms with Crippen LogP contribution in [0.4, 0.5) is 0 Å². The van der Waals surface area contributed by atoms with Crippen molar-refractivity contribution in [2.75, 3.05) is 6.61 Å². The number of benzene rings is 2. The lowest BCUT2D eigenvalue weighted by molar-refractivity contribution is -0.116. The number of hydrogen-bond acceptors (Lipinski definition) is 3. The molecule has 0 spiro atoms. The lowest BCUT2D eigenvalue weighted by atomic mass is 9.94. The third-order valence-electron chi connectivity index (χ3n) is 5.21. The fourth-order valence-corrected chi connectivity index (χ4v) is 3.86. The van der Waals surface area contributed by atoms with Crippen LogP contribution >= 0.6 is 0 Å². The quantitative estimate of drug-likeness (QED) is 0.486. The summed E-state index contributed by atoms with van der Waals surface area (Å²) in [4.78, 5) is 12.3. The van der Waals surface area contributed by atoms with E-state index in [0.29, 0.717) is 6.61 Å². The molecule has 0 fully saturated rings. The van der Waals surface area contributed by atoms with E-state index in [1.54, 1.807) is 6.08 Å². The number of nitrogens with one attached hydrogen (secondary N) is 1. The average Bonchev–Trinajstić information content (AvgIpc) is 3.07. The van der Waals surface area contributed by atoms with Crippen LogP contribution in [0.3, 0.4) is 0 Å². The highest BCUT2D eigenvalue weighted by Gasteiger charge is 2.20. The number of allylic oxidation sites excluding steroid dienone is 1. The average molecular weight is 406 g/mol. The monoisotopic (exact) mass is 405 g/mol. The third-order valence-corrected chi connectivity index (χ3v) is 5.21. The van der Waals surface area contributed by atoms with Gasteiger partial charge in [-0.1, -0.05) is 23.8 Å². The zero-order chi connectivity index (χ0) is 22.0. The molecule has 1 heterocycles. The molecule has 3 aromatic rings. The summed E-state index contributed by atoms with van der Waals surface area (Å²) in [6.07, 6.45) is 3.46. The van der Waals surface area contributed by atoms with Gasteiger partial charge in [-0.15, -0.1) is 0 Å². The number of aryl methyl sites for hydroxylation is 3. The fraction of sp³-hybridized carbons (Fsp3) is 0.346. The molecule has 1 N–H and O–H groups in total. The highest BCUT2D eigenvalue weighted by Crippen LogP contribution is 2.41. The second kappa shape index (κ2) is 8.78. The van der Waals surface area contributed by atoms with Gasteiger partial charge in [0.1, 0.15) is 11.3 Å². The zero-order valence-electron chi connectivity index (χ0n) is 19.0. The van der Waals surface area contributed by atoms with Gasteiger partial charge in [0, 0.05) is 34.2 Å². The molecule has 1 aromatic heterocycles. The molecular weight excluding hydrogens is 374 g/mol. The van der Waals surface area contributed by atoms with Crippen molar-refractivity contribution in [1.82, 2.24) is 5.32 Å². The van der Waals surface area contributed by atoms with Crippen molar-refractivity contribution in [3.05, 3.63) is 58.9 Å². The Kier molecular flexibility index (Phi) is 6.35. The van der Waals surface area contributed by atoms with Crippen LogP contribution in [0.2, 0.25) is 0 Å². The van der Waals surface area contributed by atoms with Crippen LogP contribution in [0.25, 0.3) is 27.7 Å². The van der Waals surface area contributed by atoms with Gasteiger partial charge in [0.15, 0.2) is 0 Å². The number of amides is 1. The Balaban J connectivity index is 2.22. The number of rotatable bonds is 6. The molecule has 0 aliphatic carbocycles. The van der Waals surface area contributed by atoms with Crippen molar-refractivity contribution in [3.8, 4) is 16.9 Å². The first-order valence-electron chi connectivity index (χ1n) is 10.5. The normalized spacial score (nSPS) is 11.9. The number of furan rings is 1. The molecular formula is C26H31NO3. The van der Waals surface area contributed by atoms with E-state index in [-0.39, 0.29) is 11.9 Å². The topological polar surface area (TPSA) is 51.5 Å². The Bertz CT molecular complexity index is 1120. The summed E-state index contributed by atoms with van der Waals surface area (Å²) in [5, 5.41) is 3.94. The minimum absolute atomic E-state index is 0.0853. The minimum atomic E-state index is -0.107. The Morgan fingerprint density at radius 2 is 1.90 bits per heavy atom. The maximum atomic E-state index is 12.3. The first kappa shape index (κ1) is 21.7. The number of carbonyl (C=O) groups excluding carboxylic acids is 1. The summed E-state index contributed by atoms with van der Waals surface area (Å²) >= 11 is 0. The van der Waals surface area contributed by atoms with E-state index in [1.165, 1.54) is 11.1 Å². The van der Waals surface area contributed by atoms with Crippen molar-refractivity contribution in [2.45, 2.75) is 54.5 Å². The lowest BCUT2D eigenvalue weighted by Crippen LogP contribution is -2.28. The van der Waals surface area contributed by atoms with Crippen molar-refractivity contribution >= 4 is 22.4 Å². The van der Waals surface area contributed by atoms with Gasteiger partial charge in [-0.25, -0.2) is 0 Å². The second-order valence-corrected chi connectivity index (χ2v) is 8.15. The van der Waals surface area contributed by atoms with Crippen molar-refractivity contribution in [1.29, 1.82) is 0 Å². The molecule has 0 unspecified atom stereocenters. The summed E-state index contributed by atoms with van der Waals surface area (Å²) in [6, 6.07) is 8.60. The Labute approximate surface area is 178 Å². The molecule has 2 aromatic carbocycles. The SMILES string of the molecule is CCOc1c(/C(C)=C/C(=O)NC(C)C)cc2c(-c3ccc(C)cc3C)coc2c1C. The molecule has 3 rings (SSSR count). The lowest BCUT2D eigenvalue weighted by Gasteiger charge is -2.15. The maximum absolute atomic E-state index is 12.3. The first-order valence-corrected chi connectivity index (χ1v) is 10.5.